The normalized spacial score (nSPS) is 17.0. The molecule has 0 spiro atoms. The molecule has 1 aliphatic heterocycles. The molecule has 0 saturated carbocycles. The first-order valence-corrected chi connectivity index (χ1v) is 5.94. The van der Waals surface area contributed by atoms with Gasteiger partial charge in [0, 0.05) is 23.3 Å². The van der Waals surface area contributed by atoms with E-state index in [1.165, 1.54) is 12.1 Å². The quantitative estimate of drug-likeness (QED) is 0.634. The molecule has 1 atom stereocenters. The number of hydrogen-bond acceptors (Lipinski definition) is 5. The second-order valence-electron chi connectivity index (χ2n) is 4.17. The number of hydrogen-bond donors (Lipinski definition) is 0. The van der Waals surface area contributed by atoms with Gasteiger partial charge in [-0.15, -0.1) is 0 Å². The highest BCUT2D eigenvalue weighted by atomic mass is 16.8. The Balaban J connectivity index is 1.75. The van der Waals surface area contributed by atoms with Crippen molar-refractivity contribution in [3.8, 4) is 0 Å². The summed E-state index contributed by atoms with van der Waals surface area (Å²) in [6.07, 6.45) is -0.582. The molecule has 100 valence electrons. The van der Waals surface area contributed by atoms with Crippen molar-refractivity contribution in [2.75, 3.05) is 0 Å². The maximum atomic E-state index is 10.6. The third kappa shape index (κ3) is 2.31. The van der Waals surface area contributed by atoms with E-state index in [2.05, 4.69) is 5.16 Å². The number of rotatable bonds is 3. The van der Waals surface area contributed by atoms with E-state index in [0.717, 1.165) is 5.56 Å². The molecule has 6 nitrogen and oxygen atoms in total. The number of nitro groups is 1. The van der Waals surface area contributed by atoms with Gasteiger partial charge in [-0.25, -0.2) is 0 Å². The molecule has 0 radical (unpaired) electrons. The Morgan fingerprint density at radius 3 is 2.40 bits per heavy atom. The Morgan fingerprint density at radius 1 is 1.05 bits per heavy atom. The van der Waals surface area contributed by atoms with Crippen molar-refractivity contribution in [3.05, 3.63) is 75.8 Å². The minimum atomic E-state index is -0.582. The van der Waals surface area contributed by atoms with Crippen molar-refractivity contribution in [1.82, 2.24) is 0 Å². The molecule has 2 aromatic carbocycles. The zero-order valence-corrected chi connectivity index (χ0v) is 10.3. The molecule has 0 amide bonds. The fourth-order valence-corrected chi connectivity index (χ4v) is 1.83. The number of nitro benzene ring substituents is 1. The van der Waals surface area contributed by atoms with E-state index < -0.39 is 11.2 Å². The SMILES string of the molecule is O=[N+]([O-])c1ccc(C2=NOC(c3ccccc3)O2)cc1. The summed E-state index contributed by atoms with van der Waals surface area (Å²) in [6.45, 7) is 0. The molecule has 0 saturated heterocycles. The van der Waals surface area contributed by atoms with Gasteiger partial charge >= 0.3 is 0 Å². The van der Waals surface area contributed by atoms with Crippen LogP contribution in [0, 0.1) is 10.1 Å². The largest absolute Gasteiger partial charge is 0.428 e. The third-order valence-corrected chi connectivity index (χ3v) is 2.85. The predicted octanol–water partition coefficient (Wildman–Crippen LogP) is 3.00. The number of ether oxygens (including phenoxy) is 1. The summed E-state index contributed by atoms with van der Waals surface area (Å²) in [5.74, 6) is 0.314. The van der Waals surface area contributed by atoms with Crippen molar-refractivity contribution in [3.63, 3.8) is 0 Å². The summed E-state index contributed by atoms with van der Waals surface area (Å²) in [5.41, 5.74) is 1.51. The van der Waals surface area contributed by atoms with Crippen LogP contribution in [-0.4, -0.2) is 10.8 Å². The smallest absolute Gasteiger partial charge is 0.293 e. The molecule has 1 heterocycles. The van der Waals surface area contributed by atoms with Crippen LogP contribution < -0.4 is 0 Å². The topological polar surface area (TPSA) is 74.0 Å². The minimum absolute atomic E-state index is 0.0212. The molecule has 0 N–H and O–H groups in total. The summed E-state index contributed by atoms with van der Waals surface area (Å²) < 4.78 is 5.59. The van der Waals surface area contributed by atoms with Gasteiger partial charge in [0.15, 0.2) is 0 Å². The highest BCUT2D eigenvalue weighted by Crippen LogP contribution is 2.26. The lowest BCUT2D eigenvalue weighted by molar-refractivity contribution is -0.384. The van der Waals surface area contributed by atoms with Crippen molar-refractivity contribution >= 4 is 11.6 Å². The van der Waals surface area contributed by atoms with E-state index in [0.29, 0.717) is 11.5 Å². The first-order valence-electron chi connectivity index (χ1n) is 5.94. The van der Waals surface area contributed by atoms with Crippen LogP contribution in [0.2, 0.25) is 0 Å². The molecule has 0 aliphatic carbocycles. The fourth-order valence-electron chi connectivity index (χ4n) is 1.83. The van der Waals surface area contributed by atoms with E-state index in [1.807, 2.05) is 30.3 Å². The standard InChI is InChI=1S/C14H10N2O4/c17-16(18)12-8-6-10(7-9-12)13-15-20-14(19-13)11-4-2-1-3-5-11/h1-9,14H. The van der Waals surface area contributed by atoms with E-state index >= 15 is 0 Å². The second-order valence-corrected chi connectivity index (χ2v) is 4.17. The average molecular weight is 270 g/mol. The third-order valence-electron chi connectivity index (χ3n) is 2.85. The lowest BCUT2D eigenvalue weighted by Gasteiger charge is -2.08. The Hall–Kier alpha value is -2.89. The van der Waals surface area contributed by atoms with Gasteiger partial charge in [-0.3, -0.25) is 10.1 Å². The van der Waals surface area contributed by atoms with Gasteiger partial charge in [0.1, 0.15) is 0 Å². The Labute approximate surface area is 114 Å². The highest BCUT2D eigenvalue weighted by Gasteiger charge is 2.24. The van der Waals surface area contributed by atoms with Gasteiger partial charge in [0.2, 0.25) is 0 Å². The van der Waals surface area contributed by atoms with Gasteiger partial charge in [0.05, 0.1) is 4.92 Å². The first-order chi connectivity index (χ1) is 9.74. The molecule has 0 bridgehead atoms. The van der Waals surface area contributed by atoms with E-state index in [1.54, 1.807) is 12.1 Å². The highest BCUT2D eigenvalue weighted by molar-refractivity contribution is 5.94. The van der Waals surface area contributed by atoms with Crippen LogP contribution in [-0.2, 0) is 9.57 Å². The van der Waals surface area contributed by atoms with Gasteiger partial charge in [0.25, 0.3) is 17.9 Å². The van der Waals surface area contributed by atoms with Crippen LogP contribution in [0.3, 0.4) is 0 Å². The van der Waals surface area contributed by atoms with Crippen molar-refractivity contribution in [1.29, 1.82) is 0 Å². The maximum absolute atomic E-state index is 10.6. The van der Waals surface area contributed by atoms with Crippen LogP contribution in [0.5, 0.6) is 0 Å². The molecule has 0 aromatic heterocycles. The molecule has 1 aliphatic rings. The molecular formula is C14H10N2O4. The molecule has 3 rings (SSSR count). The Morgan fingerprint density at radius 2 is 1.75 bits per heavy atom. The number of benzene rings is 2. The lowest BCUT2D eigenvalue weighted by Crippen LogP contribution is -2.05. The van der Waals surface area contributed by atoms with Crippen molar-refractivity contribution in [2.45, 2.75) is 6.29 Å². The molecule has 2 aromatic rings. The van der Waals surface area contributed by atoms with Gasteiger partial charge in [-0.2, -0.15) is 0 Å². The Bertz CT molecular complexity index is 653. The van der Waals surface area contributed by atoms with Crippen molar-refractivity contribution < 1.29 is 14.5 Å². The predicted molar refractivity (Wildman–Crippen MR) is 71.0 cm³/mol. The number of non-ortho nitro benzene ring substituents is 1. The zero-order chi connectivity index (χ0) is 13.9. The molecule has 0 fully saturated rings. The second kappa shape index (κ2) is 5.00. The van der Waals surface area contributed by atoms with Gasteiger partial charge < -0.3 is 9.57 Å². The van der Waals surface area contributed by atoms with Crippen molar-refractivity contribution in [2.24, 2.45) is 5.16 Å². The average Bonchev–Trinajstić information content (AvgIpc) is 2.98. The van der Waals surface area contributed by atoms with Crippen LogP contribution in [0.1, 0.15) is 17.4 Å². The zero-order valence-electron chi connectivity index (χ0n) is 10.3. The summed E-state index contributed by atoms with van der Waals surface area (Å²) in [7, 11) is 0. The summed E-state index contributed by atoms with van der Waals surface area (Å²) in [5, 5.41) is 14.5. The lowest BCUT2D eigenvalue weighted by atomic mass is 10.2. The fraction of sp³-hybridized carbons (Fsp3) is 0.0714. The molecule has 20 heavy (non-hydrogen) atoms. The van der Waals surface area contributed by atoms with E-state index in [9.17, 15) is 10.1 Å². The Kier molecular flexibility index (Phi) is 3.04. The van der Waals surface area contributed by atoms with Gasteiger partial charge in [-0.05, 0) is 17.3 Å². The minimum Gasteiger partial charge on any atom is -0.428 e. The van der Waals surface area contributed by atoms with Crippen LogP contribution in [0.15, 0.2) is 59.8 Å². The molecule has 1 unspecified atom stereocenters. The number of oxime groups is 1. The number of nitrogens with zero attached hydrogens (tertiary/aromatic N) is 2. The van der Waals surface area contributed by atoms with E-state index in [4.69, 9.17) is 9.57 Å². The maximum Gasteiger partial charge on any atom is 0.293 e. The van der Waals surface area contributed by atoms with Crippen LogP contribution in [0.25, 0.3) is 0 Å². The molecule has 6 heteroatoms. The first kappa shape index (κ1) is 12.2. The summed E-state index contributed by atoms with van der Waals surface area (Å²) in [4.78, 5) is 15.4. The molecular weight excluding hydrogens is 260 g/mol. The summed E-state index contributed by atoms with van der Waals surface area (Å²) >= 11 is 0. The van der Waals surface area contributed by atoms with Crippen LogP contribution in [0.4, 0.5) is 5.69 Å². The van der Waals surface area contributed by atoms with E-state index in [-0.39, 0.29) is 5.69 Å². The summed E-state index contributed by atoms with van der Waals surface area (Å²) in [6, 6.07) is 15.4. The van der Waals surface area contributed by atoms with Crippen LogP contribution >= 0.6 is 0 Å². The van der Waals surface area contributed by atoms with Gasteiger partial charge in [-0.1, -0.05) is 30.3 Å². The monoisotopic (exact) mass is 270 g/mol.